The van der Waals surface area contributed by atoms with Gasteiger partial charge in [-0.1, -0.05) is 5.92 Å². The highest BCUT2D eigenvalue weighted by Crippen LogP contribution is 2.26. The van der Waals surface area contributed by atoms with Crippen molar-refractivity contribution in [3.63, 3.8) is 0 Å². The summed E-state index contributed by atoms with van der Waals surface area (Å²) in [5, 5.41) is 7.14. The van der Waals surface area contributed by atoms with Gasteiger partial charge in [0.2, 0.25) is 0 Å². The van der Waals surface area contributed by atoms with Crippen LogP contribution in [0.5, 0.6) is 0 Å². The first-order valence-corrected chi connectivity index (χ1v) is 7.59. The number of H-pyrrole nitrogens is 1. The van der Waals surface area contributed by atoms with E-state index in [0.717, 1.165) is 0 Å². The number of aryl methyl sites for hydroxylation is 1. The standard InChI is InChI=1S/C15H13N5O2S/c1-3-6-20(8-11-5-4-7-22-11)15(21)12-10(2)18-14(23-12)13-16-9-17-19-13/h1,4-5,7,9H,6,8H2,2H3,(H,16,17,19). The molecule has 0 radical (unpaired) electrons. The highest BCUT2D eigenvalue weighted by molar-refractivity contribution is 7.17. The number of carbonyl (C=O) groups excluding carboxylic acids is 1. The van der Waals surface area contributed by atoms with Gasteiger partial charge in [-0.3, -0.25) is 9.89 Å². The van der Waals surface area contributed by atoms with Crippen LogP contribution in [0, 0.1) is 19.3 Å². The molecule has 0 bridgehead atoms. The van der Waals surface area contributed by atoms with Gasteiger partial charge in [-0.05, 0) is 19.1 Å². The number of furan rings is 1. The monoisotopic (exact) mass is 327 g/mol. The van der Waals surface area contributed by atoms with Crippen molar-refractivity contribution in [1.82, 2.24) is 25.1 Å². The van der Waals surface area contributed by atoms with Crippen molar-refractivity contribution in [3.05, 3.63) is 41.1 Å². The number of amides is 1. The summed E-state index contributed by atoms with van der Waals surface area (Å²) in [5.41, 5.74) is 0.632. The molecular formula is C15H13N5O2S. The molecule has 3 aromatic rings. The van der Waals surface area contributed by atoms with Gasteiger partial charge in [0.1, 0.15) is 17.0 Å². The van der Waals surface area contributed by atoms with Crippen molar-refractivity contribution >= 4 is 17.2 Å². The molecule has 0 aliphatic heterocycles. The highest BCUT2D eigenvalue weighted by Gasteiger charge is 2.23. The maximum absolute atomic E-state index is 12.8. The summed E-state index contributed by atoms with van der Waals surface area (Å²) in [7, 11) is 0. The van der Waals surface area contributed by atoms with Crippen molar-refractivity contribution in [3.8, 4) is 23.2 Å². The molecule has 0 aliphatic carbocycles. The molecular weight excluding hydrogens is 314 g/mol. The number of nitrogens with one attached hydrogen (secondary N) is 1. The van der Waals surface area contributed by atoms with E-state index in [-0.39, 0.29) is 12.5 Å². The average Bonchev–Trinajstić information content (AvgIpc) is 3.27. The van der Waals surface area contributed by atoms with Crippen LogP contribution in [0.1, 0.15) is 21.1 Å². The first-order valence-electron chi connectivity index (χ1n) is 6.77. The lowest BCUT2D eigenvalue weighted by atomic mass is 10.3. The van der Waals surface area contributed by atoms with E-state index in [1.807, 2.05) is 0 Å². The van der Waals surface area contributed by atoms with Crippen LogP contribution in [0.3, 0.4) is 0 Å². The largest absolute Gasteiger partial charge is 0.467 e. The molecule has 3 rings (SSSR count). The average molecular weight is 327 g/mol. The first kappa shape index (κ1) is 15.0. The normalized spacial score (nSPS) is 10.4. The molecule has 0 unspecified atom stereocenters. The topological polar surface area (TPSA) is 87.9 Å². The molecule has 23 heavy (non-hydrogen) atoms. The van der Waals surface area contributed by atoms with Crippen molar-refractivity contribution in [2.45, 2.75) is 13.5 Å². The van der Waals surface area contributed by atoms with Crippen molar-refractivity contribution in [2.75, 3.05) is 6.54 Å². The van der Waals surface area contributed by atoms with Gasteiger partial charge < -0.3 is 9.32 Å². The molecule has 7 nitrogen and oxygen atoms in total. The molecule has 0 atom stereocenters. The van der Waals surface area contributed by atoms with Crippen LogP contribution < -0.4 is 0 Å². The van der Waals surface area contributed by atoms with Crippen molar-refractivity contribution in [1.29, 1.82) is 0 Å². The number of hydrogen-bond donors (Lipinski definition) is 1. The van der Waals surface area contributed by atoms with Crippen LogP contribution in [0.25, 0.3) is 10.8 Å². The Kier molecular flexibility index (Phi) is 4.21. The SMILES string of the molecule is C#CCN(Cc1ccco1)C(=O)c1sc(-c2ncn[nH]2)nc1C. The Hall–Kier alpha value is -2.92. The minimum atomic E-state index is -0.180. The Morgan fingerprint density at radius 1 is 1.57 bits per heavy atom. The van der Waals surface area contributed by atoms with E-state index in [9.17, 15) is 4.79 Å². The second-order valence-electron chi connectivity index (χ2n) is 4.71. The maximum atomic E-state index is 12.8. The number of thiazole rings is 1. The number of terminal acetylenes is 1. The first-order chi connectivity index (χ1) is 11.2. The molecule has 0 saturated carbocycles. The summed E-state index contributed by atoms with van der Waals surface area (Å²) in [4.78, 5) is 23.3. The van der Waals surface area contributed by atoms with Crippen LogP contribution in [0.4, 0.5) is 0 Å². The molecule has 0 fully saturated rings. The number of aromatic nitrogens is 4. The van der Waals surface area contributed by atoms with Crippen molar-refractivity contribution < 1.29 is 9.21 Å². The van der Waals surface area contributed by atoms with E-state index in [4.69, 9.17) is 10.8 Å². The number of rotatable bonds is 5. The van der Waals surface area contributed by atoms with E-state index in [0.29, 0.717) is 33.7 Å². The summed E-state index contributed by atoms with van der Waals surface area (Å²) < 4.78 is 5.29. The lowest BCUT2D eigenvalue weighted by Gasteiger charge is -2.18. The lowest BCUT2D eigenvalue weighted by molar-refractivity contribution is 0.0759. The van der Waals surface area contributed by atoms with E-state index >= 15 is 0 Å². The molecule has 0 spiro atoms. The molecule has 8 heteroatoms. The van der Waals surface area contributed by atoms with E-state index in [1.54, 1.807) is 30.2 Å². The van der Waals surface area contributed by atoms with Gasteiger partial charge in [0.25, 0.3) is 5.91 Å². The molecule has 0 saturated heterocycles. The van der Waals surface area contributed by atoms with Crippen LogP contribution in [-0.2, 0) is 6.54 Å². The van der Waals surface area contributed by atoms with E-state index in [2.05, 4.69) is 26.1 Å². The van der Waals surface area contributed by atoms with Crippen LogP contribution in [0.2, 0.25) is 0 Å². The zero-order chi connectivity index (χ0) is 16.2. The van der Waals surface area contributed by atoms with Crippen LogP contribution in [0.15, 0.2) is 29.1 Å². The third kappa shape index (κ3) is 3.14. The predicted octanol–water partition coefficient (Wildman–Crippen LogP) is 2.11. The Bertz CT molecular complexity index is 830. The zero-order valence-electron chi connectivity index (χ0n) is 12.3. The van der Waals surface area contributed by atoms with Gasteiger partial charge in [0.05, 0.1) is 25.0 Å². The molecule has 3 heterocycles. The van der Waals surface area contributed by atoms with Crippen LogP contribution >= 0.6 is 11.3 Å². The van der Waals surface area contributed by atoms with E-state index < -0.39 is 0 Å². The second-order valence-corrected chi connectivity index (χ2v) is 5.71. The fraction of sp³-hybridized carbons (Fsp3) is 0.200. The quantitative estimate of drug-likeness (QED) is 0.725. The third-order valence-electron chi connectivity index (χ3n) is 3.10. The maximum Gasteiger partial charge on any atom is 0.267 e. The molecule has 0 aliphatic rings. The van der Waals surface area contributed by atoms with Gasteiger partial charge in [-0.2, -0.15) is 5.10 Å². The summed E-state index contributed by atoms with van der Waals surface area (Å²) in [6.07, 6.45) is 8.35. The highest BCUT2D eigenvalue weighted by atomic mass is 32.1. The molecule has 116 valence electrons. The predicted molar refractivity (Wildman–Crippen MR) is 84.5 cm³/mol. The summed E-state index contributed by atoms with van der Waals surface area (Å²) in [6, 6.07) is 3.57. The molecule has 1 amide bonds. The Morgan fingerprint density at radius 3 is 3.09 bits per heavy atom. The van der Waals surface area contributed by atoms with Crippen LogP contribution in [-0.4, -0.2) is 37.5 Å². The van der Waals surface area contributed by atoms with E-state index in [1.165, 1.54) is 17.7 Å². The minimum Gasteiger partial charge on any atom is -0.467 e. The van der Waals surface area contributed by atoms with Gasteiger partial charge in [-0.15, -0.1) is 17.8 Å². The Balaban J connectivity index is 1.87. The Morgan fingerprint density at radius 2 is 2.43 bits per heavy atom. The third-order valence-corrected chi connectivity index (χ3v) is 4.26. The fourth-order valence-corrected chi connectivity index (χ4v) is 3.03. The number of carbonyl (C=O) groups is 1. The smallest absolute Gasteiger partial charge is 0.267 e. The number of hydrogen-bond acceptors (Lipinski definition) is 6. The van der Waals surface area contributed by atoms with Gasteiger partial charge in [-0.25, -0.2) is 9.97 Å². The van der Waals surface area contributed by atoms with Gasteiger partial charge in [0.15, 0.2) is 10.8 Å². The zero-order valence-corrected chi connectivity index (χ0v) is 13.1. The summed E-state index contributed by atoms with van der Waals surface area (Å²) in [5.74, 6) is 3.53. The number of nitrogens with zero attached hydrogens (tertiary/aromatic N) is 4. The summed E-state index contributed by atoms with van der Waals surface area (Å²) in [6.45, 7) is 2.28. The fourth-order valence-electron chi connectivity index (χ4n) is 2.05. The molecule has 3 aromatic heterocycles. The molecule has 1 N–H and O–H groups in total. The summed E-state index contributed by atoms with van der Waals surface area (Å²) >= 11 is 1.26. The Labute approximate surface area is 136 Å². The number of aromatic amines is 1. The van der Waals surface area contributed by atoms with Crippen molar-refractivity contribution in [2.24, 2.45) is 0 Å². The minimum absolute atomic E-state index is 0.180. The second kappa shape index (κ2) is 6.46. The lowest BCUT2D eigenvalue weighted by Crippen LogP contribution is -2.30. The van der Waals surface area contributed by atoms with Gasteiger partial charge >= 0.3 is 0 Å². The molecule has 0 aromatic carbocycles. The van der Waals surface area contributed by atoms with Gasteiger partial charge in [0, 0.05) is 0 Å².